The highest BCUT2D eigenvalue weighted by Crippen LogP contribution is 1.92. The molecule has 0 fully saturated rings. The van der Waals surface area contributed by atoms with Gasteiger partial charge in [-0.1, -0.05) is 19.8 Å². The van der Waals surface area contributed by atoms with Gasteiger partial charge in [-0.2, -0.15) is 5.26 Å². The third kappa shape index (κ3) is 7.10. The molecule has 14 heavy (non-hydrogen) atoms. The number of ether oxygens (including phenoxy) is 1. The van der Waals surface area contributed by atoms with Crippen LogP contribution in [0.1, 0.15) is 32.6 Å². The Labute approximate surface area is 83.0 Å². The molecule has 0 aromatic rings. The first-order valence-corrected chi connectivity index (χ1v) is 4.56. The van der Waals surface area contributed by atoms with E-state index in [1.807, 2.05) is 0 Å². The predicted molar refractivity (Wildman–Crippen MR) is 49.2 cm³/mol. The van der Waals surface area contributed by atoms with Gasteiger partial charge in [-0.25, -0.2) is 4.79 Å². The van der Waals surface area contributed by atoms with Crippen LogP contribution in [-0.4, -0.2) is 18.6 Å². The number of esters is 1. The summed E-state index contributed by atoms with van der Waals surface area (Å²) in [5.41, 5.74) is 0. The van der Waals surface area contributed by atoms with Crippen molar-refractivity contribution in [3.8, 4) is 6.07 Å². The number of nitriles is 1. The second kappa shape index (κ2) is 8.05. The van der Waals surface area contributed by atoms with Gasteiger partial charge < -0.3 is 10.1 Å². The average molecular weight is 198 g/mol. The summed E-state index contributed by atoms with van der Waals surface area (Å²) in [6.45, 7) is 2.54. The van der Waals surface area contributed by atoms with Gasteiger partial charge in [0.25, 0.3) is 0 Å². The van der Waals surface area contributed by atoms with Crippen molar-refractivity contribution in [2.45, 2.75) is 32.6 Å². The normalized spacial score (nSPS) is 8.86. The topological polar surface area (TPSA) is 79.2 Å². The largest absolute Gasteiger partial charge is 0.414 e. The summed E-state index contributed by atoms with van der Waals surface area (Å²) in [7, 11) is 0. The maximum atomic E-state index is 10.8. The van der Waals surface area contributed by atoms with Gasteiger partial charge in [0, 0.05) is 6.54 Å². The van der Waals surface area contributed by atoms with Gasteiger partial charge >= 0.3 is 12.1 Å². The summed E-state index contributed by atoms with van der Waals surface area (Å²) in [5.74, 6) is -0.819. The van der Waals surface area contributed by atoms with E-state index in [0.29, 0.717) is 6.54 Å². The Kier molecular flexibility index (Phi) is 7.15. The molecular formula is C9H14N2O3. The van der Waals surface area contributed by atoms with Gasteiger partial charge in [0.2, 0.25) is 0 Å². The molecule has 5 nitrogen and oxygen atoms in total. The quantitative estimate of drug-likeness (QED) is 0.410. The molecular weight excluding hydrogens is 184 g/mol. The lowest BCUT2D eigenvalue weighted by Gasteiger charge is -2.02. The molecule has 0 saturated heterocycles. The van der Waals surface area contributed by atoms with Crippen molar-refractivity contribution >= 4 is 12.1 Å². The van der Waals surface area contributed by atoms with Gasteiger partial charge in [0.15, 0.2) is 0 Å². The average Bonchev–Trinajstić information content (AvgIpc) is 2.13. The van der Waals surface area contributed by atoms with E-state index in [0.717, 1.165) is 19.3 Å². The second-order valence-electron chi connectivity index (χ2n) is 2.73. The van der Waals surface area contributed by atoms with Crippen LogP contribution in [0.15, 0.2) is 0 Å². The van der Waals surface area contributed by atoms with Crippen LogP contribution in [0.5, 0.6) is 0 Å². The molecule has 0 bridgehead atoms. The van der Waals surface area contributed by atoms with Crippen molar-refractivity contribution < 1.29 is 14.3 Å². The van der Waals surface area contributed by atoms with Crippen molar-refractivity contribution in [1.29, 1.82) is 5.26 Å². The highest BCUT2D eigenvalue weighted by molar-refractivity contribution is 5.85. The van der Waals surface area contributed by atoms with Crippen LogP contribution in [0.2, 0.25) is 0 Å². The zero-order valence-electron chi connectivity index (χ0n) is 8.21. The Balaban J connectivity index is 3.46. The Morgan fingerprint density at radius 2 is 2.14 bits per heavy atom. The summed E-state index contributed by atoms with van der Waals surface area (Å²) < 4.78 is 4.26. The number of alkyl carbamates (subject to hydrolysis) is 1. The third-order valence-corrected chi connectivity index (χ3v) is 1.48. The molecule has 0 aromatic heterocycles. The minimum atomic E-state index is -0.819. The van der Waals surface area contributed by atoms with Crippen LogP contribution in [0.25, 0.3) is 0 Å². The number of hydrogen-bond donors (Lipinski definition) is 1. The Hall–Kier alpha value is -1.57. The number of amides is 1. The molecule has 0 aliphatic rings. The SMILES string of the molecule is CCCCCNC(=O)OC(=O)CC#N. The first-order chi connectivity index (χ1) is 6.70. The summed E-state index contributed by atoms with van der Waals surface area (Å²) in [5, 5.41) is 10.5. The predicted octanol–water partition coefficient (Wildman–Crippen LogP) is 1.34. The Morgan fingerprint density at radius 3 is 2.71 bits per heavy atom. The van der Waals surface area contributed by atoms with E-state index in [-0.39, 0.29) is 0 Å². The van der Waals surface area contributed by atoms with E-state index < -0.39 is 18.5 Å². The van der Waals surface area contributed by atoms with Crippen molar-refractivity contribution in [2.75, 3.05) is 6.54 Å². The van der Waals surface area contributed by atoms with Crippen LogP contribution < -0.4 is 5.32 Å². The first kappa shape index (κ1) is 12.4. The van der Waals surface area contributed by atoms with Crippen LogP contribution in [0, 0.1) is 11.3 Å². The van der Waals surface area contributed by atoms with E-state index in [1.54, 1.807) is 6.07 Å². The fraction of sp³-hybridized carbons (Fsp3) is 0.667. The van der Waals surface area contributed by atoms with Crippen molar-refractivity contribution in [3.05, 3.63) is 0 Å². The number of carbonyl (C=O) groups excluding carboxylic acids is 2. The minimum Gasteiger partial charge on any atom is -0.375 e. The van der Waals surface area contributed by atoms with Gasteiger partial charge in [-0.15, -0.1) is 0 Å². The fourth-order valence-electron chi connectivity index (χ4n) is 0.806. The summed E-state index contributed by atoms with van der Waals surface area (Å²) in [4.78, 5) is 21.5. The number of carbonyl (C=O) groups is 2. The second-order valence-corrected chi connectivity index (χ2v) is 2.73. The maximum absolute atomic E-state index is 10.8. The smallest absolute Gasteiger partial charge is 0.375 e. The van der Waals surface area contributed by atoms with E-state index in [9.17, 15) is 9.59 Å². The number of hydrogen-bond acceptors (Lipinski definition) is 4. The number of unbranched alkanes of at least 4 members (excludes halogenated alkanes) is 2. The summed E-state index contributed by atoms with van der Waals surface area (Å²) in [6, 6.07) is 1.59. The minimum absolute atomic E-state index is 0.400. The van der Waals surface area contributed by atoms with E-state index in [4.69, 9.17) is 5.26 Å². The lowest BCUT2D eigenvalue weighted by atomic mass is 10.2. The Morgan fingerprint density at radius 1 is 1.43 bits per heavy atom. The summed E-state index contributed by atoms with van der Waals surface area (Å²) >= 11 is 0. The fourth-order valence-corrected chi connectivity index (χ4v) is 0.806. The molecule has 0 saturated carbocycles. The van der Waals surface area contributed by atoms with E-state index >= 15 is 0 Å². The van der Waals surface area contributed by atoms with Gasteiger partial charge in [-0.05, 0) is 6.42 Å². The lowest BCUT2D eigenvalue weighted by molar-refractivity contribution is -0.136. The van der Waals surface area contributed by atoms with Crippen LogP contribution in [-0.2, 0) is 9.53 Å². The molecule has 0 aromatic carbocycles. The number of nitrogens with one attached hydrogen (secondary N) is 1. The lowest BCUT2D eigenvalue weighted by Crippen LogP contribution is -2.27. The van der Waals surface area contributed by atoms with Crippen molar-refractivity contribution in [1.82, 2.24) is 5.32 Å². The zero-order chi connectivity index (χ0) is 10.8. The van der Waals surface area contributed by atoms with Crippen LogP contribution >= 0.6 is 0 Å². The molecule has 1 amide bonds. The highest BCUT2D eigenvalue weighted by Gasteiger charge is 2.07. The molecule has 5 heteroatoms. The number of nitrogens with zero attached hydrogens (tertiary/aromatic N) is 1. The van der Waals surface area contributed by atoms with E-state index in [1.165, 1.54) is 0 Å². The molecule has 0 unspecified atom stereocenters. The van der Waals surface area contributed by atoms with Crippen LogP contribution in [0.3, 0.4) is 0 Å². The molecule has 0 radical (unpaired) electrons. The Bertz CT molecular complexity index is 233. The molecule has 1 N–H and O–H groups in total. The molecule has 0 heterocycles. The van der Waals surface area contributed by atoms with E-state index in [2.05, 4.69) is 17.0 Å². The molecule has 0 rings (SSSR count). The highest BCUT2D eigenvalue weighted by atomic mass is 16.6. The van der Waals surface area contributed by atoms with Gasteiger partial charge in [-0.3, -0.25) is 4.79 Å². The van der Waals surface area contributed by atoms with Crippen molar-refractivity contribution in [2.24, 2.45) is 0 Å². The van der Waals surface area contributed by atoms with Crippen molar-refractivity contribution in [3.63, 3.8) is 0 Å². The van der Waals surface area contributed by atoms with Gasteiger partial charge in [0.1, 0.15) is 6.42 Å². The first-order valence-electron chi connectivity index (χ1n) is 4.56. The van der Waals surface area contributed by atoms with Crippen LogP contribution in [0.4, 0.5) is 4.79 Å². The molecule has 78 valence electrons. The number of rotatable bonds is 5. The maximum Gasteiger partial charge on any atom is 0.414 e. The third-order valence-electron chi connectivity index (χ3n) is 1.48. The zero-order valence-corrected chi connectivity index (χ0v) is 8.21. The molecule has 0 aliphatic heterocycles. The molecule has 0 aliphatic carbocycles. The monoisotopic (exact) mass is 198 g/mol. The summed E-state index contributed by atoms with van der Waals surface area (Å²) in [6.07, 6.45) is 1.76. The standard InChI is InChI=1S/C9H14N2O3/c1-2-3-4-7-11-9(13)14-8(12)5-6-10/h2-5,7H2,1H3,(H,11,13). The molecule has 0 atom stereocenters. The van der Waals surface area contributed by atoms with Gasteiger partial charge in [0.05, 0.1) is 6.07 Å². The molecule has 0 spiro atoms.